The van der Waals surface area contributed by atoms with Crippen LogP contribution in [-0.4, -0.2) is 54.9 Å². The summed E-state index contributed by atoms with van der Waals surface area (Å²) < 4.78 is 0. The van der Waals surface area contributed by atoms with Gasteiger partial charge in [0, 0.05) is 21.8 Å². The van der Waals surface area contributed by atoms with Crippen LogP contribution in [0.5, 0.6) is 0 Å². The molecule has 2 nitrogen and oxygen atoms in total. The number of rotatable bonds is 1. The molecule has 0 aromatic carbocycles. The van der Waals surface area contributed by atoms with Gasteiger partial charge in [-0.15, -0.1) is 0 Å². The van der Waals surface area contributed by atoms with Gasteiger partial charge in [0.2, 0.25) is 0 Å². The van der Waals surface area contributed by atoms with Gasteiger partial charge < -0.3 is 10.2 Å². The van der Waals surface area contributed by atoms with Crippen LogP contribution < -0.4 is 5.32 Å². The Balaban J connectivity index is 0.000000154. The molecule has 0 aromatic heterocycles. The first-order valence-corrected chi connectivity index (χ1v) is 8.64. The predicted octanol–water partition coefficient (Wildman–Crippen LogP) is 2.89. The van der Waals surface area contributed by atoms with Gasteiger partial charge in [-0.1, -0.05) is 12.8 Å². The predicted molar refractivity (Wildman–Crippen MR) is 88.1 cm³/mol. The maximum absolute atomic E-state index is 4.49. The molecule has 18 heavy (non-hydrogen) atoms. The molecule has 4 atom stereocenters. The van der Waals surface area contributed by atoms with Crippen LogP contribution in [0.15, 0.2) is 0 Å². The second-order valence-corrected chi connectivity index (χ2v) is 7.82. The molecule has 1 aliphatic heterocycles. The molecule has 108 valence electrons. The van der Waals surface area contributed by atoms with E-state index in [0.717, 1.165) is 16.5 Å². The lowest BCUT2D eigenvalue weighted by atomic mass is 10.2. The highest BCUT2D eigenvalue weighted by molar-refractivity contribution is 8.07. The third-order valence-electron chi connectivity index (χ3n) is 3.77. The molecule has 0 spiro atoms. The molecule has 3 aliphatic rings. The van der Waals surface area contributed by atoms with Gasteiger partial charge in [-0.2, -0.15) is 24.4 Å². The van der Waals surface area contributed by atoms with Crippen molar-refractivity contribution in [2.24, 2.45) is 0 Å². The summed E-state index contributed by atoms with van der Waals surface area (Å²) in [5, 5.41) is 5.63. The third kappa shape index (κ3) is 5.72. The monoisotopic (exact) mass is 290 g/mol. The smallest absolute Gasteiger partial charge is 0.0206 e. The number of fused-ring (bicyclic) bond motifs is 1. The van der Waals surface area contributed by atoms with Crippen molar-refractivity contribution >= 4 is 24.4 Å². The molecule has 4 heteroatoms. The van der Waals surface area contributed by atoms with Gasteiger partial charge in [0.1, 0.15) is 0 Å². The normalized spacial score (nSPS) is 36.3. The van der Waals surface area contributed by atoms with Gasteiger partial charge in [-0.25, -0.2) is 0 Å². The van der Waals surface area contributed by atoms with E-state index in [1.807, 2.05) is 14.1 Å². The molecular weight excluding hydrogens is 260 g/mol. The molecule has 2 saturated carbocycles. The number of hydrogen-bond acceptors (Lipinski definition) is 4. The van der Waals surface area contributed by atoms with Crippen molar-refractivity contribution in [2.75, 3.05) is 28.2 Å². The van der Waals surface area contributed by atoms with Gasteiger partial charge in [0.15, 0.2) is 0 Å². The second-order valence-electron chi connectivity index (χ2n) is 5.67. The highest BCUT2D eigenvalue weighted by atomic mass is 32.2. The Bertz CT molecular complexity index is 216. The zero-order chi connectivity index (χ0) is 13.5. The lowest BCUT2D eigenvalue weighted by Gasteiger charge is -2.22. The number of thioether (sulfide) groups is 1. The van der Waals surface area contributed by atoms with Crippen LogP contribution in [-0.2, 0) is 0 Å². The Morgan fingerprint density at radius 2 is 1.50 bits per heavy atom. The van der Waals surface area contributed by atoms with Gasteiger partial charge >= 0.3 is 0 Å². The molecule has 1 saturated heterocycles. The van der Waals surface area contributed by atoms with Crippen molar-refractivity contribution in [3.05, 3.63) is 0 Å². The van der Waals surface area contributed by atoms with Crippen molar-refractivity contribution in [3.8, 4) is 0 Å². The molecule has 3 fully saturated rings. The van der Waals surface area contributed by atoms with E-state index in [4.69, 9.17) is 0 Å². The minimum atomic E-state index is 0.625. The molecule has 2 aliphatic carbocycles. The number of nitrogens with zero attached hydrogens (tertiary/aromatic N) is 1. The molecule has 1 N–H and O–H groups in total. The van der Waals surface area contributed by atoms with Gasteiger partial charge in [-0.05, 0) is 53.9 Å². The van der Waals surface area contributed by atoms with E-state index in [9.17, 15) is 0 Å². The molecule has 4 unspecified atom stereocenters. The lowest BCUT2D eigenvalue weighted by Crippen LogP contribution is -2.31. The largest absolute Gasteiger partial charge is 0.323 e. The van der Waals surface area contributed by atoms with Crippen LogP contribution in [0.2, 0.25) is 0 Å². The molecule has 0 bridgehead atoms. The van der Waals surface area contributed by atoms with Gasteiger partial charge in [0.05, 0.1) is 0 Å². The minimum absolute atomic E-state index is 0.625. The quantitative estimate of drug-likeness (QED) is 0.571. The van der Waals surface area contributed by atoms with E-state index >= 15 is 0 Å². The third-order valence-corrected chi connectivity index (χ3v) is 5.89. The van der Waals surface area contributed by atoms with E-state index < -0.39 is 0 Å². The SMILES string of the molecule is C1CC2SC2C1.CN(C)C1CCCC1S.CNC. The summed E-state index contributed by atoms with van der Waals surface area (Å²) >= 11 is 6.66. The average Bonchev–Trinajstić information content (AvgIpc) is 2.75. The van der Waals surface area contributed by atoms with Gasteiger partial charge in [-0.3, -0.25) is 0 Å². The summed E-state index contributed by atoms with van der Waals surface area (Å²) in [6.45, 7) is 0. The molecule has 0 aromatic rings. The zero-order valence-electron chi connectivity index (χ0n) is 12.4. The molecule has 1 heterocycles. The Morgan fingerprint density at radius 1 is 1.00 bits per heavy atom. The summed E-state index contributed by atoms with van der Waals surface area (Å²) in [6.07, 6.45) is 8.55. The van der Waals surface area contributed by atoms with Crippen molar-refractivity contribution in [2.45, 2.75) is 60.3 Å². The van der Waals surface area contributed by atoms with Crippen molar-refractivity contribution in [1.82, 2.24) is 10.2 Å². The molecule has 0 radical (unpaired) electrons. The highest BCUT2D eigenvalue weighted by Crippen LogP contribution is 2.52. The van der Waals surface area contributed by atoms with Crippen molar-refractivity contribution in [3.63, 3.8) is 0 Å². The maximum Gasteiger partial charge on any atom is 0.0206 e. The van der Waals surface area contributed by atoms with Crippen molar-refractivity contribution in [1.29, 1.82) is 0 Å². The van der Waals surface area contributed by atoms with Crippen molar-refractivity contribution < 1.29 is 0 Å². The number of hydrogen-bond donors (Lipinski definition) is 2. The first-order valence-electron chi connectivity index (χ1n) is 7.18. The van der Waals surface area contributed by atoms with Crippen LogP contribution >= 0.6 is 24.4 Å². The van der Waals surface area contributed by atoms with Crippen LogP contribution in [0.4, 0.5) is 0 Å². The van der Waals surface area contributed by atoms with E-state index in [1.165, 1.54) is 38.5 Å². The maximum atomic E-state index is 4.49. The van der Waals surface area contributed by atoms with Crippen LogP contribution in [0.3, 0.4) is 0 Å². The van der Waals surface area contributed by atoms with Crippen LogP contribution in [0, 0.1) is 0 Å². The molecule has 0 amide bonds. The average molecular weight is 291 g/mol. The fraction of sp³-hybridized carbons (Fsp3) is 1.00. The minimum Gasteiger partial charge on any atom is -0.323 e. The Hall–Kier alpha value is 0.620. The first-order chi connectivity index (χ1) is 8.60. The fourth-order valence-electron chi connectivity index (χ4n) is 2.73. The summed E-state index contributed by atoms with van der Waals surface area (Å²) in [6, 6.07) is 0.730. The molecule has 3 rings (SSSR count). The Labute approximate surface area is 123 Å². The summed E-state index contributed by atoms with van der Waals surface area (Å²) in [5.41, 5.74) is 0. The fourth-order valence-corrected chi connectivity index (χ4v) is 4.56. The lowest BCUT2D eigenvalue weighted by molar-refractivity contribution is 0.305. The topological polar surface area (TPSA) is 15.3 Å². The van der Waals surface area contributed by atoms with E-state index in [1.54, 1.807) is 0 Å². The van der Waals surface area contributed by atoms with E-state index in [0.29, 0.717) is 5.25 Å². The van der Waals surface area contributed by atoms with Gasteiger partial charge in [0.25, 0.3) is 0 Å². The van der Waals surface area contributed by atoms with Crippen LogP contribution in [0.25, 0.3) is 0 Å². The molecular formula is C14H30N2S2. The van der Waals surface area contributed by atoms with E-state index in [2.05, 4.69) is 48.7 Å². The number of nitrogens with one attached hydrogen (secondary N) is 1. The number of thiol groups is 1. The highest BCUT2D eigenvalue weighted by Gasteiger charge is 2.41. The standard InChI is InChI=1S/C7H15NS.C5H8S.C2H7N/c1-8(2)6-4-3-5-7(6)9;1-2-4-5(3-1)6-4;1-3-2/h6-7,9H,3-5H2,1-2H3;4-5H,1-3H2;3H,1-2H3. The Morgan fingerprint density at radius 3 is 1.67 bits per heavy atom. The first kappa shape index (κ1) is 16.7. The summed E-state index contributed by atoms with van der Waals surface area (Å²) in [7, 11) is 8.03. The summed E-state index contributed by atoms with van der Waals surface area (Å²) in [4.78, 5) is 2.28. The second kappa shape index (κ2) is 8.72. The summed E-state index contributed by atoms with van der Waals surface area (Å²) in [5.74, 6) is 0. The van der Waals surface area contributed by atoms with E-state index in [-0.39, 0.29) is 0 Å². The Kier molecular flexibility index (Phi) is 8.08. The van der Waals surface area contributed by atoms with Crippen LogP contribution in [0.1, 0.15) is 38.5 Å². The zero-order valence-corrected chi connectivity index (χ0v) is 14.1.